The molecule has 1 N–H and O–H groups in total. The summed E-state index contributed by atoms with van der Waals surface area (Å²) in [5.74, 6) is 1.57. The van der Waals surface area contributed by atoms with E-state index in [4.69, 9.17) is 9.47 Å². The average Bonchev–Trinajstić information content (AvgIpc) is 2.81. The van der Waals surface area contributed by atoms with E-state index in [0.29, 0.717) is 6.61 Å². The first-order valence-electron chi connectivity index (χ1n) is 10.9. The molecule has 6 heteroatoms. The van der Waals surface area contributed by atoms with Gasteiger partial charge in [0.05, 0.1) is 23.9 Å². The van der Waals surface area contributed by atoms with Gasteiger partial charge in [-0.15, -0.1) is 0 Å². The Morgan fingerprint density at radius 2 is 1.87 bits per heavy atom. The van der Waals surface area contributed by atoms with Crippen molar-refractivity contribution in [3.63, 3.8) is 0 Å². The minimum Gasteiger partial charge on any atom is -0.490 e. The average molecular weight is 420 g/mol. The number of nitrogens with one attached hydrogen (secondary N) is 1. The van der Waals surface area contributed by atoms with E-state index < -0.39 is 0 Å². The van der Waals surface area contributed by atoms with Crippen molar-refractivity contribution in [2.75, 3.05) is 25.0 Å². The van der Waals surface area contributed by atoms with Crippen LogP contribution >= 0.6 is 0 Å². The van der Waals surface area contributed by atoms with Crippen LogP contribution in [0.25, 0.3) is 10.9 Å². The Morgan fingerprint density at radius 3 is 2.65 bits per heavy atom. The van der Waals surface area contributed by atoms with Crippen LogP contribution < -0.4 is 14.8 Å². The lowest BCUT2D eigenvalue weighted by Crippen LogP contribution is -2.47. The third kappa shape index (κ3) is 4.97. The predicted octanol–water partition coefficient (Wildman–Crippen LogP) is 4.50. The van der Waals surface area contributed by atoms with E-state index in [2.05, 4.69) is 15.2 Å². The number of nitrogens with zero attached hydrogens (tertiary/aromatic N) is 2. The van der Waals surface area contributed by atoms with Crippen LogP contribution in [0.5, 0.6) is 11.5 Å². The second-order valence-electron chi connectivity index (χ2n) is 7.77. The maximum Gasteiger partial charge on any atom is 0.241 e. The summed E-state index contributed by atoms with van der Waals surface area (Å²) >= 11 is 0. The minimum absolute atomic E-state index is 0.00240. The summed E-state index contributed by atoms with van der Waals surface area (Å²) in [7, 11) is 0. The Balaban J connectivity index is 1.34. The number of piperidine rings is 1. The van der Waals surface area contributed by atoms with E-state index in [-0.39, 0.29) is 18.1 Å². The molecule has 162 valence electrons. The first-order chi connectivity index (χ1) is 15.2. The SMILES string of the molecule is CCOc1ccccc1OC1CCN(C(C)C(=O)Nc2cccc3ncccc23)CC1. The fourth-order valence-corrected chi connectivity index (χ4v) is 4.00. The lowest BCUT2D eigenvalue weighted by atomic mass is 10.1. The Labute approximate surface area is 183 Å². The number of anilines is 1. The molecular formula is C25H29N3O3. The van der Waals surface area contributed by atoms with Gasteiger partial charge in [0, 0.05) is 24.7 Å². The van der Waals surface area contributed by atoms with Gasteiger partial charge in [0.2, 0.25) is 5.91 Å². The summed E-state index contributed by atoms with van der Waals surface area (Å²) < 4.78 is 11.9. The molecule has 0 spiro atoms. The van der Waals surface area contributed by atoms with Gasteiger partial charge in [0.15, 0.2) is 11.5 Å². The number of aromatic nitrogens is 1. The molecule has 1 unspecified atom stereocenters. The number of hydrogen-bond donors (Lipinski definition) is 1. The summed E-state index contributed by atoms with van der Waals surface area (Å²) in [6, 6.07) is 17.2. The largest absolute Gasteiger partial charge is 0.490 e. The number of carbonyl (C=O) groups is 1. The molecule has 0 bridgehead atoms. The highest BCUT2D eigenvalue weighted by molar-refractivity contribution is 6.02. The smallest absolute Gasteiger partial charge is 0.241 e. The van der Waals surface area contributed by atoms with Gasteiger partial charge in [-0.3, -0.25) is 14.7 Å². The monoisotopic (exact) mass is 419 g/mol. The van der Waals surface area contributed by atoms with Crippen molar-refractivity contribution in [1.29, 1.82) is 0 Å². The zero-order valence-electron chi connectivity index (χ0n) is 18.1. The van der Waals surface area contributed by atoms with Crippen molar-refractivity contribution in [1.82, 2.24) is 9.88 Å². The highest BCUT2D eigenvalue weighted by Gasteiger charge is 2.28. The molecule has 4 rings (SSSR count). The number of likely N-dealkylation sites (tertiary alicyclic amines) is 1. The lowest BCUT2D eigenvalue weighted by Gasteiger charge is -2.35. The fraction of sp³-hybridized carbons (Fsp3) is 0.360. The molecule has 0 aliphatic carbocycles. The van der Waals surface area contributed by atoms with Crippen molar-refractivity contribution in [2.45, 2.75) is 38.8 Å². The van der Waals surface area contributed by atoms with Gasteiger partial charge in [-0.05, 0) is 63.1 Å². The summed E-state index contributed by atoms with van der Waals surface area (Å²) in [5, 5.41) is 4.04. The number of rotatable bonds is 7. The third-order valence-corrected chi connectivity index (χ3v) is 5.75. The molecule has 1 saturated heterocycles. The Bertz CT molecular complexity index is 1030. The molecule has 1 aliphatic rings. The number of pyridine rings is 1. The number of ether oxygens (including phenoxy) is 2. The van der Waals surface area contributed by atoms with Gasteiger partial charge >= 0.3 is 0 Å². The maximum absolute atomic E-state index is 12.9. The molecule has 1 amide bonds. The summed E-state index contributed by atoms with van der Waals surface area (Å²) in [4.78, 5) is 19.5. The number of fused-ring (bicyclic) bond motifs is 1. The van der Waals surface area contributed by atoms with Crippen LogP contribution in [0.1, 0.15) is 26.7 Å². The predicted molar refractivity (Wildman–Crippen MR) is 123 cm³/mol. The third-order valence-electron chi connectivity index (χ3n) is 5.75. The number of para-hydroxylation sites is 2. The first-order valence-corrected chi connectivity index (χ1v) is 10.9. The van der Waals surface area contributed by atoms with Gasteiger partial charge in [0.1, 0.15) is 6.10 Å². The normalized spacial score (nSPS) is 16.1. The van der Waals surface area contributed by atoms with E-state index in [1.165, 1.54) is 0 Å². The zero-order valence-corrected chi connectivity index (χ0v) is 18.1. The van der Waals surface area contributed by atoms with Crippen LogP contribution in [0.3, 0.4) is 0 Å². The Hall–Kier alpha value is -3.12. The van der Waals surface area contributed by atoms with Crippen molar-refractivity contribution in [3.05, 3.63) is 60.8 Å². The van der Waals surface area contributed by atoms with Crippen molar-refractivity contribution < 1.29 is 14.3 Å². The molecular weight excluding hydrogens is 390 g/mol. The molecule has 1 aliphatic heterocycles. The van der Waals surface area contributed by atoms with Crippen molar-refractivity contribution >= 4 is 22.5 Å². The molecule has 1 atom stereocenters. The fourth-order valence-electron chi connectivity index (χ4n) is 4.00. The van der Waals surface area contributed by atoms with E-state index in [0.717, 1.165) is 54.0 Å². The summed E-state index contributed by atoms with van der Waals surface area (Å²) in [6.45, 7) is 6.17. The highest BCUT2D eigenvalue weighted by atomic mass is 16.5. The molecule has 3 aromatic rings. The van der Waals surface area contributed by atoms with Crippen molar-refractivity contribution in [3.8, 4) is 11.5 Å². The van der Waals surface area contributed by atoms with Crippen molar-refractivity contribution in [2.24, 2.45) is 0 Å². The molecule has 1 aromatic heterocycles. The first kappa shape index (κ1) is 21.1. The minimum atomic E-state index is -0.219. The molecule has 0 radical (unpaired) electrons. The summed E-state index contributed by atoms with van der Waals surface area (Å²) in [5.41, 5.74) is 1.67. The maximum atomic E-state index is 12.9. The molecule has 6 nitrogen and oxygen atoms in total. The number of benzene rings is 2. The van der Waals surface area contributed by atoms with E-state index in [9.17, 15) is 4.79 Å². The molecule has 2 heterocycles. The van der Waals surface area contributed by atoms with Crippen LogP contribution in [-0.2, 0) is 4.79 Å². The molecule has 0 saturated carbocycles. The van der Waals surface area contributed by atoms with Gasteiger partial charge in [-0.2, -0.15) is 0 Å². The van der Waals surface area contributed by atoms with E-state index in [1.807, 2.05) is 68.4 Å². The van der Waals surface area contributed by atoms with Gasteiger partial charge in [-0.25, -0.2) is 0 Å². The Morgan fingerprint density at radius 1 is 1.10 bits per heavy atom. The zero-order chi connectivity index (χ0) is 21.6. The standard InChI is InChI=1S/C25H29N3O3/c1-3-30-23-11-4-5-12-24(23)31-19-13-16-28(17-14-19)18(2)25(29)27-22-10-6-9-21-20(22)8-7-15-26-21/h4-12,15,18-19H,3,13-14,16-17H2,1-2H3,(H,27,29). The Kier molecular flexibility index (Phi) is 6.67. The van der Waals surface area contributed by atoms with Crippen LogP contribution in [0.2, 0.25) is 0 Å². The topological polar surface area (TPSA) is 63.7 Å². The molecule has 31 heavy (non-hydrogen) atoms. The summed E-state index contributed by atoms with van der Waals surface area (Å²) in [6.07, 6.45) is 3.62. The van der Waals surface area contributed by atoms with E-state index >= 15 is 0 Å². The highest BCUT2D eigenvalue weighted by Crippen LogP contribution is 2.30. The van der Waals surface area contributed by atoms with E-state index in [1.54, 1.807) is 6.20 Å². The number of carbonyl (C=O) groups excluding carboxylic acids is 1. The van der Waals surface area contributed by atoms with Gasteiger partial charge in [0.25, 0.3) is 0 Å². The van der Waals surface area contributed by atoms with Crippen LogP contribution in [0, 0.1) is 0 Å². The quantitative estimate of drug-likeness (QED) is 0.611. The van der Waals surface area contributed by atoms with Crippen LogP contribution in [0.15, 0.2) is 60.8 Å². The second-order valence-corrected chi connectivity index (χ2v) is 7.77. The van der Waals surface area contributed by atoms with Gasteiger partial charge in [-0.1, -0.05) is 18.2 Å². The van der Waals surface area contributed by atoms with Crippen LogP contribution in [0.4, 0.5) is 5.69 Å². The second kappa shape index (κ2) is 9.79. The number of amides is 1. The van der Waals surface area contributed by atoms with Gasteiger partial charge < -0.3 is 14.8 Å². The molecule has 1 fully saturated rings. The lowest BCUT2D eigenvalue weighted by molar-refractivity contribution is -0.121. The van der Waals surface area contributed by atoms with Crippen LogP contribution in [-0.4, -0.2) is 47.6 Å². The number of hydrogen-bond acceptors (Lipinski definition) is 5. The molecule has 2 aromatic carbocycles.